The molecule has 0 saturated heterocycles. The van der Waals surface area contributed by atoms with E-state index in [1.807, 2.05) is 31.2 Å². The van der Waals surface area contributed by atoms with Crippen LogP contribution in [0.4, 0.5) is 0 Å². The number of aromatic amines is 2. The number of H-pyrrole nitrogens is 2. The van der Waals surface area contributed by atoms with Crippen LogP contribution in [0.5, 0.6) is 0 Å². The number of nitrogens with one attached hydrogen (secondary N) is 2. The molecule has 0 unspecified atom stereocenters. The number of aromatic nitrogens is 2. The molecular formula is C11H10N2OS. The van der Waals surface area contributed by atoms with E-state index in [2.05, 4.69) is 9.97 Å². The molecule has 0 fully saturated rings. The van der Waals surface area contributed by atoms with Gasteiger partial charge in [0.2, 0.25) is 0 Å². The van der Waals surface area contributed by atoms with Crippen molar-refractivity contribution in [2.45, 2.75) is 6.92 Å². The Morgan fingerprint density at radius 3 is 2.47 bits per heavy atom. The van der Waals surface area contributed by atoms with Crippen molar-refractivity contribution in [3.63, 3.8) is 0 Å². The molecule has 76 valence electrons. The third-order valence-electron chi connectivity index (χ3n) is 2.18. The largest absolute Gasteiger partial charge is 0.338 e. The molecule has 0 aliphatic heterocycles. The van der Waals surface area contributed by atoms with E-state index in [-0.39, 0.29) is 5.56 Å². The van der Waals surface area contributed by atoms with Gasteiger partial charge in [-0.1, -0.05) is 29.8 Å². The molecule has 2 aromatic rings. The molecule has 0 aliphatic carbocycles. The minimum atomic E-state index is -0.164. The lowest BCUT2D eigenvalue weighted by Gasteiger charge is -2.00. The Kier molecular flexibility index (Phi) is 2.51. The quantitative estimate of drug-likeness (QED) is 0.722. The van der Waals surface area contributed by atoms with Gasteiger partial charge in [-0.25, -0.2) is 0 Å². The van der Waals surface area contributed by atoms with E-state index in [0.29, 0.717) is 10.3 Å². The zero-order valence-corrected chi connectivity index (χ0v) is 9.02. The molecule has 1 heterocycles. The Labute approximate surface area is 91.8 Å². The van der Waals surface area contributed by atoms with Gasteiger partial charge in [-0.3, -0.25) is 9.78 Å². The lowest BCUT2D eigenvalue weighted by molar-refractivity contribution is 1.09. The zero-order valence-electron chi connectivity index (χ0n) is 8.20. The number of hydrogen-bond donors (Lipinski definition) is 2. The second-order valence-corrected chi connectivity index (χ2v) is 3.76. The summed E-state index contributed by atoms with van der Waals surface area (Å²) < 4.78 is 0.343. The van der Waals surface area contributed by atoms with Gasteiger partial charge >= 0.3 is 0 Å². The minimum Gasteiger partial charge on any atom is -0.338 e. The molecule has 0 radical (unpaired) electrons. The normalized spacial score (nSPS) is 10.2. The number of rotatable bonds is 1. The van der Waals surface area contributed by atoms with Crippen molar-refractivity contribution < 1.29 is 0 Å². The fraction of sp³-hybridized carbons (Fsp3) is 0.0909. The first-order valence-corrected chi connectivity index (χ1v) is 4.97. The molecule has 1 aromatic heterocycles. The van der Waals surface area contributed by atoms with Crippen molar-refractivity contribution in [1.29, 1.82) is 0 Å². The Hall–Kier alpha value is -1.68. The minimum absolute atomic E-state index is 0.164. The van der Waals surface area contributed by atoms with Crippen LogP contribution in [0.15, 0.2) is 35.3 Å². The van der Waals surface area contributed by atoms with Gasteiger partial charge in [0.1, 0.15) is 0 Å². The van der Waals surface area contributed by atoms with Gasteiger partial charge in [0.05, 0.1) is 5.56 Å². The second kappa shape index (κ2) is 3.82. The summed E-state index contributed by atoms with van der Waals surface area (Å²) in [6.45, 7) is 2.01. The van der Waals surface area contributed by atoms with Crippen molar-refractivity contribution in [1.82, 2.24) is 9.97 Å². The summed E-state index contributed by atoms with van der Waals surface area (Å²) in [6.07, 6.45) is 1.63. The number of hydrogen-bond acceptors (Lipinski definition) is 2. The predicted octanol–water partition coefficient (Wildman–Crippen LogP) is 2.41. The highest BCUT2D eigenvalue weighted by Gasteiger charge is 2.01. The lowest BCUT2D eigenvalue weighted by atomic mass is 10.1. The average Bonchev–Trinajstić information content (AvgIpc) is 2.20. The van der Waals surface area contributed by atoms with Crippen molar-refractivity contribution in [3.05, 3.63) is 51.2 Å². The van der Waals surface area contributed by atoms with E-state index in [9.17, 15) is 4.79 Å². The fourth-order valence-corrected chi connectivity index (χ4v) is 1.51. The van der Waals surface area contributed by atoms with Crippen LogP contribution in [0.3, 0.4) is 0 Å². The van der Waals surface area contributed by atoms with Crippen molar-refractivity contribution in [3.8, 4) is 11.1 Å². The van der Waals surface area contributed by atoms with Crippen molar-refractivity contribution >= 4 is 12.2 Å². The molecule has 0 amide bonds. The standard InChI is InChI=1S/C11H10N2OS/c1-7-2-4-8(5-3-7)9-6-12-11(15)13-10(9)14/h2-6H,1H3,(H2,12,13,14,15). The van der Waals surface area contributed by atoms with Crippen LogP contribution in [0.1, 0.15) is 5.56 Å². The Morgan fingerprint density at radius 1 is 1.20 bits per heavy atom. The van der Waals surface area contributed by atoms with E-state index in [1.165, 1.54) is 5.56 Å². The monoisotopic (exact) mass is 218 g/mol. The zero-order chi connectivity index (χ0) is 10.8. The van der Waals surface area contributed by atoms with Gasteiger partial charge in [0.25, 0.3) is 5.56 Å². The maximum absolute atomic E-state index is 11.6. The molecule has 15 heavy (non-hydrogen) atoms. The third kappa shape index (κ3) is 2.05. The van der Waals surface area contributed by atoms with Crippen LogP contribution >= 0.6 is 12.2 Å². The van der Waals surface area contributed by atoms with Gasteiger partial charge in [0, 0.05) is 6.20 Å². The Bertz CT molecular complexity index is 581. The van der Waals surface area contributed by atoms with Gasteiger partial charge in [-0.15, -0.1) is 0 Å². The highest BCUT2D eigenvalue weighted by molar-refractivity contribution is 7.71. The highest BCUT2D eigenvalue weighted by atomic mass is 32.1. The first kappa shape index (κ1) is 9.86. The van der Waals surface area contributed by atoms with Crippen LogP contribution in [0.2, 0.25) is 0 Å². The maximum Gasteiger partial charge on any atom is 0.259 e. The summed E-state index contributed by atoms with van der Waals surface area (Å²) in [5, 5.41) is 0. The predicted molar refractivity (Wildman–Crippen MR) is 62.4 cm³/mol. The SMILES string of the molecule is Cc1ccc(-c2c[nH]c(=S)[nH]c2=O)cc1. The summed E-state index contributed by atoms with van der Waals surface area (Å²) in [4.78, 5) is 17.0. The van der Waals surface area contributed by atoms with E-state index in [1.54, 1.807) is 6.20 Å². The summed E-state index contributed by atoms with van der Waals surface area (Å²) in [5.74, 6) is 0. The van der Waals surface area contributed by atoms with Crippen molar-refractivity contribution in [2.24, 2.45) is 0 Å². The van der Waals surface area contributed by atoms with Crippen LogP contribution < -0.4 is 5.56 Å². The molecule has 2 rings (SSSR count). The van der Waals surface area contributed by atoms with Gasteiger partial charge < -0.3 is 4.98 Å². The maximum atomic E-state index is 11.6. The molecule has 0 saturated carbocycles. The van der Waals surface area contributed by atoms with E-state index in [0.717, 1.165) is 5.56 Å². The van der Waals surface area contributed by atoms with Crippen LogP contribution in [0.25, 0.3) is 11.1 Å². The van der Waals surface area contributed by atoms with Gasteiger partial charge in [-0.2, -0.15) is 0 Å². The van der Waals surface area contributed by atoms with Crippen LogP contribution in [0, 0.1) is 11.7 Å². The smallest absolute Gasteiger partial charge is 0.259 e. The van der Waals surface area contributed by atoms with E-state index in [4.69, 9.17) is 12.2 Å². The van der Waals surface area contributed by atoms with E-state index >= 15 is 0 Å². The molecule has 3 nitrogen and oxygen atoms in total. The van der Waals surface area contributed by atoms with Crippen molar-refractivity contribution in [2.75, 3.05) is 0 Å². The van der Waals surface area contributed by atoms with Gasteiger partial charge in [-0.05, 0) is 24.7 Å². The Morgan fingerprint density at radius 2 is 1.87 bits per heavy atom. The number of aryl methyl sites for hydroxylation is 1. The first-order chi connectivity index (χ1) is 7.16. The van der Waals surface area contributed by atoms with E-state index < -0.39 is 0 Å². The second-order valence-electron chi connectivity index (χ2n) is 3.35. The topological polar surface area (TPSA) is 48.6 Å². The average molecular weight is 218 g/mol. The molecule has 0 spiro atoms. The third-order valence-corrected chi connectivity index (χ3v) is 2.40. The molecule has 1 aromatic carbocycles. The molecule has 0 atom stereocenters. The summed E-state index contributed by atoms with van der Waals surface area (Å²) in [7, 11) is 0. The Balaban J connectivity index is 2.59. The number of benzene rings is 1. The van der Waals surface area contributed by atoms with Gasteiger partial charge in [0.15, 0.2) is 4.77 Å². The molecule has 0 bridgehead atoms. The summed E-state index contributed by atoms with van der Waals surface area (Å²) in [6, 6.07) is 7.76. The highest BCUT2D eigenvalue weighted by Crippen LogP contribution is 2.14. The first-order valence-electron chi connectivity index (χ1n) is 4.56. The summed E-state index contributed by atoms with van der Waals surface area (Å²) in [5.41, 5.74) is 2.48. The lowest BCUT2D eigenvalue weighted by Crippen LogP contribution is -2.09. The molecular weight excluding hydrogens is 208 g/mol. The van der Waals surface area contributed by atoms with Crippen LogP contribution in [-0.4, -0.2) is 9.97 Å². The summed E-state index contributed by atoms with van der Waals surface area (Å²) >= 11 is 4.82. The molecule has 2 N–H and O–H groups in total. The fourth-order valence-electron chi connectivity index (χ4n) is 1.36. The van der Waals surface area contributed by atoms with Crippen LogP contribution in [-0.2, 0) is 0 Å². The molecule has 4 heteroatoms. The molecule has 0 aliphatic rings.